The summed E-state index contributed by atoms with van der Waals surface area (Å²) in [6.07, 6.45) is 6.20. The third kappa shape index (κ3) is 11.0. The molecule has 236 valence electrons. The summed E-state index contributed by atoms with van der Waals surface area (Å²) in [6, 6.07) is 18.3. The van der Waals surface area contributed by atoms with E-state index in [1.165, 1.54) is 26.4 Å². The van der Waals surface area contributed by atoms with Gasteiger partial charge in [-0.3, -0.25) is 4.79 Å². The van der Waals surface area contributed by atoms with Gasteiger partial charge in [0.15, 0.2) is 11.5 Å². The molecule has 1 amide bonds. The minimum Gasteiger partial charge on any atom is -0.494 e. The zero-order chi connectivity index (χ0) is 32.1. The van der Waals surface area contributed by atoms with E-state index in [2.05, 4.69) is 18.8 Å². The first-order chi connectivity index (χ1) is 21.0. The van der Waals surface area contributed by atoms with Gasteiger partial charge in [0.05, 0.1) is 25.3 Å². The third-order valence-electron chi connectivity index (χ3n) is 6.78. The van der Waals surface area contributed by atoms with Crippen LogP contribution in [0, 0.1) is 0 Å². The summed E-state index contributed by atoms with van der Waals surface area (Å²) in [5, 5.41) is 3.02. The first-order valence-corrected chi connectivity index (χ1v) is 15.1. The Morgan fingerprint density at radius 3 is 2.18 bits per heavy atom. The van der Waals surface area contributed by atoms with Crippen LogP contribution in [-0.2, 0) is 11.2 Å². The van der Waals surface area contributed by atoms with Crippen molar-refractivity contribution in [1.82, 2.24) is 5.32 Å². The lowest BCUT2D eigenvalue weighted by atomic mass is 10.0. The van der Waals surface area contributed by atoms with Gasteiger partial charge in [-0.15, -0.1) is 0 Å². The van der Waals surface area contributed by atoms with Crippen molar-refractivity contribution in [3.8, 4) is 17.2 Å². The molecule has 1 unspecified atom stereocenters. The number of nitrogens with two attached hydrogens (primary N) is 1. The maximum absolute atomic E-state index is 13.0. The summed E-state index contributed by atoms with van der Waals surface area (Å²) in [4.78, 5) is 26.0. The number of anilines is 1. The minimum absolute atomic E-state index is 0.279. The van der Waals surface area contributed by atoms with Crippen LogP contribution in [0.4, 0.5) is 5.69 Å². The highest BCUT2D eigenvalue weighted by Gasteiger charge is 2.24. The van der Waals surface area contributed by atoms with E-state index in [4.69, 9.17) is 24.7 Å². The Morgan fingerprint density at radius 2 is 1.55 bits per heavy atom. The fourth-order valence-corrected chi connectivity index (χ4v) is 4.49. The number of amides is 1. The molecular formula is C36H46N2O6. The van der Waals surface area contributed by atoms with E-state index < -0.39 is 17.6 Å². The first-order valence-electron chi connectivity index (χ1n) is 15.1. The van der Waals surface area contributed by atoms with Crippen LogP contribution in [0.25, 0.3) is 0 Å². The highest BCUT2D eigenvalue weighted by Crippen LogP contribution is 2.30. The van der Waals surface area contributed by atoms with Gasteiger partial charge in [-0.2, -0.15) is 0 Å². The molecule has 0 radical (unpaired) electrons. The summed E-state index contributed by atoms with van der Waals surface area (Å²) >= 11 is 0. The van der Waals surface area contributed by atoms with Crippen LogP contribution >= 0.6 is 0 Å². The predicted octanol–water partition coefficient (Wildman–Crippen LogP) is 7.52. The smallest absolute Gasteiger partial charge is 0.343 e. The average molecular weight is 603 g/mol. The number of carbonyl (C=O) groups excluding carboxylic acids is 2. The number of carbonyl (C=O) groups is 2. The molecule has 0 fully saturated rings. The Labute approximate surface area is 261 Å². The molecule has 3 rings (SSSR count). The summed E-state index contributed by atoms with van der Waals surface area (Å²) in [7, 11) is 1.51. The van der Waals surface area contributed by atoms with E-state index in [1.54, 1.807) is 60.7 Å². The fraction of sp³-hybridized carbons (Fsp3) is 0.389. The molecule has 0 aromatic heterocycles. The van der Waals surface area contributed by atoms with Gasteiger partial charge in [-0.05, 0) is 93.4 Å². The van der Waals surface area contributed by atoms with Gasteiger partial charge in [0.2, 0.25) is 0 Å². The fourth-order valence-electron chi connectivity index (χ4n) is 4.49. The molecule has 8 nitrogen and oxygen atoms in total. The third-order valence-corrected chi connectivity index (χ3v) is 6.78. The SMILES string of the molecule is C=C(OC(C)(C)C)C(Cc1ccc(OC(=O)c2ccc(OCCCCCCC)cc2)c(OC)c1)NC(=O)c1ccc(N)cc1. The number of ether oxygens (including phenoxy) is 4. The lowest BCUT2D eigenvalue weighted by Gasteiger charge is -2.28. The zero-order valence-corrected chi connectivity index (χ0v) is 26.6. The highest BCUT2D eigenvalue weighted by atomic mass is 16.6. The van der Waals surface area contributed by atoms with Gasteiger partial charge in [0.25, 0.3) is 5.91 Å². The van der Waals surface area contributed by atoms with Gasteiger partial charge in [0.1, 0.15) is 17.1 Å². The summed E-state index contributed by atoms with van der Waals surface area (Å²) in [5.74, 6) is 0.997. The van der Waals surface area contributed by atoms with Crippen molar-refractivity contribution < 1.29 is 28.5 Å². The number of unbranched alkanes of at least 4 members (excludes halogenated alkanes) is 4. The second kappa shape index (κ2) is 16.4. The zero-order valence-electron chi connectivity index (χ0n) is 26.6. The molecule has 44 heavy (non-hydrogen) atoms. The first kappa shape index (κ1) is 34.0. The highest BCUT2D eigenvalue weighted by molar-refractivity contribution is 5.95. The van der Waals surface area contributed by atoms with Crippen molar-refractivity contribution in [2.45, 2.75) is 77.9 Å². The number of rotatable bonds is 16. The van der Waals surface area contributed by atoms with Crippen molar-refractivity contribution >= 4 is 17.6 Å². The molecule has 0 spiro atoms. The van der Waals surface area contributed by atoms with Crippen molar-refractivity contribution in [3.05, 3.63) is 95.8 Å². The largest absolute Gasteiger partial charge is 0.494 e. The Hall–Kier alpha value is -4.46. The summed E-state index contributed by atoms with van der Waals surface area (Å²) in [5.41, 5.74) is 7.52. The maximum Gasteiger partial charge on any atom is 0.343 e. The standard InChI is InChI=1S/C36H46N2O6/c1-7-8-9-10-11-22-42-30-19-15-28(16-20-30)35(40)43-32-21-12-26(24-33(32)41-6)23-31(25(2)44-36(3,4)5)38-34(39)27-13-17-29(37)18-14-27/h12-21,24,31H,2,7-11,22-23,37H2,1,3-6H3,(H,38,39). The molecule has 0 heterocycles. The lowest BCUT2D eigenvalue weighted by molar-refractivity contribution is 0.0390. The predicted molar refractivity (Wildman–Crippen MR) is 174 cm³/mol. The van der Waals surface area contributed by atoms with E-state index in [-0.39, 0.29) is 11.7 Å². The van der Waals surface area contributed by atoms with Crippen LogP contribution in [-0.4, -0.2) is 37.2 Å². The average Bonchev–Trinajstić information content (AvgIpc) is 2.99. The van der Waals surface area contributed by atoms with E-state index in [9.17, 15) is 9.59 Å². The van der Waals surface area contributed by atoms with Crippen molar-refractivity contribution in [1.29, 1.82) is 0 Å². The van der Waals surface area contributed by atoms with Gasteiger partial charge in [0, 0.05) is 17.7 Å². The molecule has 0 saturated carbocycles. The molecular weight excluding hydrogens is 556 g/mol. The molecule has 3 N–H and O–H groups in total. The van der Waals surface area contributed by atoms with Crippen LogP contribution < -0.4 is 25.3 Å². The normalized spacial score (nSPS) is 11.8. The Kier molecular flexibility index (Phi) is 12.7. The molecule has 0 bridgehead atoms. The molecule has 0 aliphatic carbocycles. The van der Waals surface area contributed by atoms with Crippen molar-refractivity contribution in [3.63, 3.8) is 0 Å². The van der Waals surface area contributed by atoms with Crippen LogP contribution in [0.2, 0.25) is 0 Å². The molecule has 3 aromatic carbocycles. The maximum atomic E-state index is 13.0. The van der Waals surface area contributed by atoms with Crippen LogP contribution in [0.5, 0.6) is 17.2 Å². The number of nitrogens with one attached hydrogen (secondary N) is 1. The van der Waals surface area contributed by atoms with Gasteiger partial charge >= 0.3 is 5.97 Å². The number of nitrogen functional groups attached to an aromatic ring is 1. The van der Waals surface area contributed by atoms with Crippen molar-refractivity contribution in [2.24, 2.45) is 0 Å². The summed E-state index contributed by atoms with van der Waals surface area (Å²) in [6.45, 7) is 12.7. The lowest BCUT2D eigenvalue weighted by Crippen LogP contribution is -2.40. The van der Waals surface area contributed by atoms with Gasteiger partial charge < -0.3 is 30.0 Å². The molecule has 0 aliphatic heterocycles. The van der Waals surface area contributed by atoms with Crippen molar-refractivity contribution in [2.75, 3.05) is 19.5 Å². The molecule has 1 atom stereocenters. The molecule has 0 aliphatic rings. The molecule has 8 heteroatoms. The van der Waals surface area contributed by atoms with Gasteiger partial charge in [-0.25, -0.2) is 4.79 Å². The number of esters is 1. The van der Waals surface area contributed by atoms with Crippen LogP contribution in [0.3, 0.4) is 0 Å². The summed E-state index contributed by atoms with van der Waals surface area (Å²) < 4.78 is 23.1. The topological polar surface area (TPSA) is 109 Å². The Balaban J connectivity index is 1.67. The molecule has 3 aromatic rings. The number of benzene rings is 3. The quantitative estimate of drug-likeness (QED) is 0.0574. The van der Waals surface area contributed by atoms with E-state index in [1.807, 2.05) is 26.8 Å². The second-order valence-electron chi connectivity index (χ2n) is 11.7. The number of hydrogen-bond donors (Lipinski definition) is 2. The van der Waals surface area contributed by atoms with Crippen LogP contribution in [0.15, 0.2) is 79.1 Å². The van der Waals surface area contributed by atoms with E-state index in [0.717, 1.165) is 18.4 Å². The second-order valence-corrected chi connectivity index (χ2v) is 11.7. The van der Waals surface area contributed by atoms with Crippen LogP contribution in [0.1, 0.15) is 86.1 Å². The van der Waals surface area contributed by atoms with E-state index in [0.29, 0.717) is 47.1 Å². The monoisotopic (exact) mass is 602 g/mol. The number of methoxy groups -OCH3 is 1. The van der Waals surface area contributed by atoms with E-state index >= 15 is 0 Å². The minimum atomic E-state index is -0.547. The van der Waals surface area contributed by atoms with Gasteiger partial charge in [-0.1, -0.05) is 45.3 Å². The number of hydrogen-bond acceptors (Lipinski definition) is 7. The molecule has 0 saturated heterocycles. The Bertz CT molecular complexity index is 1380. The Morgan fingerprint density at radius 1 is 0.886 bits per heavy atom.